The number of aromatic nitrogens is 2. The lowest BCUT2D eigenvalue weighted by Gasteiger charge is -2.22. The summed E-state index contributed by atoms with van der Waals surface area (Å²) >= 11 is 12.2. The molecule has 38 heavy (non-hydrogen) atoms. The highest BCUT2D eigenvalue weighted by Gasteiger charge is 2.27. The van der Waals surface area contributed by atoms with Crippen molar-refractivity contribution in [1.82, 2.24) is 9.78 Å². The Morgan fingerprint density at radius 1 is 0.921 bits per heavy atom. The van der Waals surface area contributed by atoms with Crippen molar-refractivity contribution in [2.24, 2.45) is 0 Å². The molecular formula is C30H30Cl2N4O2. The molecule has 1 atom stereocenters. The quantitative estimate of drug-likeness (QED) is 0.271. The van der Waals surface area contributed by atoms with E-state index in [9.17, 15) is 9.59 Å². The van der Waals surface area contributed by atoms with Crippen molar-refractivity contribution < 1.29 is 9.59 Å². The Bertz CT molecular complexity index is 1460. The molecule has 6 nitrogen and oxygen atoms in total. The molecule has 0 aliphatic carbocycles. The number of anilines is 2. The second-order valence-corrected chi connectivity index (χ2v) is 11.1. The molecule has 0 bridgehead atoms. The van der Waals surface area contributed by atoms with Crippen LogP contribution < -0.4 is 10.2 Å². The van der Waals surface area contributed by atoms with E-state index < -0.39 is 5.92 Å². The molecule has 4 rings (SSSR count). The van der Waals surface area contributed by atoms with Crippen molar-refractivity contribution in [3.05, 3.63) is 106 Å². The predicted octanol–water partition coefficient (Wildman–Crippen LogP) is 7.50. The summed E-state index contributed by atoms with van der Waals surface area (Å²) in [5.41, 5.74) is 3.36. The largest absolute Gasteiger partial charge is 0.322 e. The fourth-order valence-electron chi connectivity index (χ4n) is 3.98. The third-order valence-electron chi connectivity index (χ3n) is 6.33. The standard InChI is InChI=1S/C30H30Cl2N4O2/c1-19(20-9-11-21(12-10-20)28(37)33-24-15-13-22(31)14-16-24)29(38)35(5)27-18-26(30(2,3)4)34-36(27)25-8-6-7-23(32)17-25/h6-19H,1-5H3,(H,33,37). The number of hydrogen-bond acceptors (Lipinski definition) is 3. The third-order valence-corrected chi connectivity index (χ3v) is 6.82. The fourth-order valence-corrected chi connectivity index (χ4v) is 4.29. The molecule has 0 saturated carbocycles. The van der Waals surface area contributed by atoms with E-state index in [1.54, 1.807) is 59.1 Å². The molecule has 0 fully saturated rings. The lowest BCUT2D eigenvalue weighted by molar-refractivity contribution is -0.119. The topological polar surface area (TPSA) is 67.2 Å². The first kappa shape index (κ1) is 27.4. The number of amides is 2. The molecule has 0 aliphatic rings. The molecule has 2 amide bonds. The number of benzene rings is 3. The highest BCUT2D eigenvalue weighted by Crippen LogP contribution is 2.30. The first-order chi connectivity index (χ1) is 17.9. The van der Waals surface area contributed by atoms with Crippen LogP contribution in [-0.4, -0.2) is 28.6 Å². The molecule has 3 aromatic carbocycles. The first-order valence-corrected chi connectivity index (χ1v) is 13.0. The van der Waals surface area contributed by atoms with Crippen LogP contribution >= 0.6 is 23.2 Å². The number of nitrogens with zero attached hydrogens (tertiary/aromatic N) is 3. The minimum Gasteiger partial charge on any atom is -0.322 e. The molecule has 4 aromatic rings. The van der Waals surface area contributed by atoms with E-state index >= 15 is 0 Å². The maximum Gasteiger partial charge on any atom is 0.255 e. The highest BCUT2D eigenvalue weighted by atomic mass is 35.5. The highest BCUT2D eigenvalue weighted by molar-refractivity contribution is 6.31. The van der Waals surface area contributed by atoms with Gasteiger partial charge in [0, 0.05) is 39.8 Å². The molecule has 0 radical (unpaired) electrons. The molecule has 1 heterocycles. The van der Waals surface area contributed by atoms with Gasteiger partial charge in [-0.15, -0.1) is 0 Å². The van der Waals surface area contributed by atoms with E-state index in [-0.39, 0.29) is 17.2 Å². The summed E-state index contributed by atoms with van der Waals surface area (Å²) in [6.07, 6.45) is 0. The summed E-state index contributed by atoms with van der Waals surface area (Å²) in [6, 6.07) is 23.3. The Morgan fingerprint density at radius 3 is 2.18 bits per heavy atom. The Morgan fingerprint density at radius 2 is 1.58 bits per heavy atom. The molecule has 196 valence electrons. The van der Waals surface area contributed by atoms with Crippen molar-refractivity contribution in [3.8, 4) is 5.69 Å². The lowest BCUT2D eigenvalue weighted by Crippen LogP contribution is -2.32. The fraction of sp³-hybridized carbons (Fsp3) is 0.233. The summed E-state index contributed by atoms with van der Waals surface area (Å²) in [6.45, 7) is 8.09. The molecule has 1 unspecified atom stereocenters. The first-order valence-electron chi connectivity index (χ1n) is 12.2. The van der Waals surface area contributed by atoms with Crippen LogP contribution in [0.3, 0.4) is 0 Å². The van der Waals surface area contributed by atoms with Gasteiger partial charge in [-0.05, 0) is 67.1 Å². The van der Waals surface area contributed by atoms with Gasteiger partial charge in [0.1, 0.15) is 5.82 Å². The van der Waals surface area contributed by atoms with Crippen molar-refractivity contribution in [3.63, 3.8) is 0 Å². The smallest absolute Gasteiger partial charge is 0.255 e. The Kier molecular flexibility index (Phi) is 7.95. The summed E-state index contributed by atoms with van der Waals surface area (Å²) < 4.78 is 1.75. The van der Waals surface area contributed by atoms with Crippen LogP contribution in [0, 0.1) is 0 Å². The van der Waals surface area contributed by atoms with Gasteiger partial charge in [0.15, 0.2) is 0 Å². The van der Waals surface area contributed by atoms with Gasteiger partial charge < -0.3 is 5.32 Å². The number of carbonyl (C=O) groups is 2. The summed E-state index contributed by atoms with van der Waals surface area (Å²) in [5.74, 6) is -0.149. The van der Waals surface area contributed by atoms with Crippen molar-refractivity contribution in [1.29, 1.82) is 0 Å². The van der Waals surface area contributed by atoms with E-state index in [0.717, 1.165) is 16.9 Å². The molecule has 8 heteroatoms. The normalized spacial score (nSPS) is 12.2. The Balaban J connectivity index is 1.56. The van der Waals surface area contributed by atoms with Crippen molar-refractivity contribution in [2.45, 2.75) is 39.0 Å². The van der Waals surface area contributed by atoms with Gasteiger partial charge in [0.25, 0.3) is 5.91 Å². The zero-order valence-electron chi connectivity index (χ0n) is 22.0. The monoisotopic (exact) mass is 548 g/mol. The van der Waals surface area contributed by atoms with Gasteiger partial charge in [0.05, 0.1) is 17.3 Å². The van der Waals surface area contributed by atoms with E-state index in [4.69, 9.17) is 28.3 Å². The van der Waals surface area contributed by atoms with Crippen LogP contribution in [0.25, 0.3) is 5.69 Å². The SMILES string of the molecule is CC(C(=O)N(C)c1cc(C(C)(C)C)nn1-c1cccc(Cl)c1)c1ccc(C(=O)Nc2ccc(Cl)cc2)cc1. The van der Waals surface area contributed by atoms with Crippen molar-refractivity contribution >= 4 is 46.5 Å². The minimum atomic E-state index is -0.450. The molecule has 0 spiro atoms. The van der Waals surface area contributed by atoms with Crippen molar-refractivity contribution in [2.75, 3.05) is 17.3 Å². The van der Waals surface area contributed by atoms with Gasteiger partial charge in [-0.3, -0.25) is 14.5 Å². The average molecular weight is 550 g/mol. The average Bonchev–Trinajstić information content (AvgIpc) is 3.35. The molecule has 0 saturated heterocycles. The third kappa shape index (κ3) is 6.09. The molecule has 1 N–H and O–H groups in total. The van der Waals surface area contributed by atoms with Gasteiger partial charge >= 0.3 is 0 Å². The molecule has 1 aromatic heterocycles. The van der Waals surface area contributed by atoms with Gasteiger partial charge in [-0.2, -0.15) is 5.10 Å². The number of hydrogen-bond donors (Lipinski definition) is 1. The number of likely N-dealkylation sites (N-methyl/N-ethyl adjacent to an activating group) is 1. The summed E-state index contributed by atoms with van der Waals surface area (Å²) in [5, 5.41) is 8.84. The Hall–Kier alpha value is -3.61. The van der Waals surface area contributed by atoms with Crippen LogP contribution in [0.5, 0.6) is 0 Å². The summed E-state index contributed by atoms with van der Waals surface area (Å²) in [7, 11) is 1.75. The second-order valence-electron chi connectivity index (χ2n) is 10.2. The predicted molar refractivity (Wildman–Crippen MR) is 155 cm³/mol. The van der Waals surface area contributed by atoms with Crippen LogP contribution in [0.2, 0.25) is 10.0 Å². The van der Waals surface area contributed by atoms with E-state index in [1.165, 1.54) is 0 Å². The van der Waals surface area contributed by atoms with Gasteiger partial charge in [-0.25, -0.2) is 4.68 Å². The number of nitrogens with one attached hydrogen (secondary N) is 1. The minimum absolute atomic E-state index is 0.105. The number of halogens is 2. The number of rotatable bonds is 6. The molecule has 0 aliphatic heterocycles. The van der Waals surface area contributed by atoms with Crippen LogP contribution in [-0.2, 0) is 10.2 Å². The van der Waals surface area contributed by atoms with Gasteiger partial charge in [-0.1, -0.05) is 62.2 Å². The zero-order valence-corrected chi connectivity index (χ0v) is 23.5. The Labute approximate surface area is 233 Å². The second kappa shape index (κ2) is 11.0. The maximum absolute atomic E-state index is 13.6. The zero-order chi connectivity index (χ0) is 27.6. The van der Waals surface area contributed by atoms with Gasteiger partial charge in [0.2, 0.25) is 5.91 Å². The van der Waals surface area contributed by atoms with E-state index in [1.807, 2.05) is 43.3 Å². The summed E-state index contributed by atoms with van der Waals surface area (Å²) in [4.78, 5) is 27.9. The van der Waals surface area contributed by atoms with Crippen LogP contribution in [0.1, 0.15) is 55.2 Å². The molecular weight excluding hydrogens is 519 g/mol. The maximum atomic E-state index is 13.6. The van der Waals surface area contributed by atoms with E-state index in [0.29, 0.717) is 27.1 Å². The number of carbonyl (C=O) groups excluding carboxylic acids is 2. The lowest BCUT2D eigenvalue weighted by atomic mass is 9.92. The van der Waals surface area contributed by atoms with Crippen LogP contribution in [0.15, 0.2) is 78.9 Å². The van der Waals surface area contributed by atoms with E-state index in [2.05, 4.69) is 26.1 Å². The van der Waals surface area contributed by atoms with Crippen LogP contribution in [0.4, 0.5) is 11.5 Å².